The van der Waals surface area contributed by atoms with Crippen molar-refractivity contribution >= 4 is 40.7 Å². The maximum atomic E-state index is 14.3. The summed E-state index contributed by atoms with van der Waals surface area (Å²) in [7, 11) is 0. The van der Waals surface area contributed by atoms with Crippen molar-refractivity contribution in [1.29, 1.82) is 0 Å². The molecule has 0 unspecified atom stereocenters. The SMILES string of the molecule is CC1(C)C(=O)N(c2ccc(F)c(C(F)(F)F)c2)C(=O)N1Cc1ccc(F)cc1Cc1ccc(Nc2ccc(Cl)cn2)cc1. The van der Waals surface area contributed by atoms with Crippen LogP contribution in [-0.2, 0) is 23.9 Å². The van der Waals surface area contributed by atoms with Crippen LogP contribution in [0.15, 0.2) is 79.0 Å². The van der Waals surface area contributed by atoms with E-state index in [1.807, 2.05) is 24.3 Å². The minimum atomic E-state index is -5.02. The summed E-state index contributed by atoms with van der Waals surface area (Å²) < 4.78 is 68.2. The van der Waals surface area contributed by atoms with Crippen LogP contribution in [0.5, 0.6) is 0 Å². The number of urea groups is 1. The molecule has 0 radical (unpaired) electrons. The number of benzene rings is 3. The molecule has 1 saturated heterocycles. The van der Waals surface area contributed by atoms with Gasteiger partial charge in [-0.1, -0.05) is 29.8 Å². The molecule has 0 aliphatic carbocycles. The maximum Gasteiger partial charge on any atom is 0.419 e. The lowest BCUT2D eigenvalue weighted by Gasteiger charge is -2.28. The number of pyridine rings is 1. The molecule has 3 aromatic carbocycles. The fourth-order valence-electron chi connectivity index (χ4n) is 4.81. The van der Waals surface area contributed by atoms with Crippen molar-refractivity contribution in [3.05, 3.63) is 118 Å². The van der Waals surface area contributed by atoms with Crippen LogP contribution in [0.1, 0.15) is 36.1 Å². The van der Waals surface area contributed by atoms with Crippen LogP contribution in [-0.4, -0.2) is 27.4 Å². The Kier molecular flexibility index (Phi) is 7.87. The molecule has 0 saturated carbocycles. The minimum absolute atomic E-state index is 0.126. The topological polar surface area (TPSA) is 65.5 Å². The number of aromatic nitrogens is 1. The number of carbonyl (C=O) groups is 2. The molecule has 2 heterocycles. The van der Waals surface area contributed by atoms with Gasteiger partial charge in [-0.15, -0.1) is 0 Å². The number of amides is 3. The molecule has 1 aromatic heterocycles. The third-order valence-electron chi connectivity index (χ3n) is 7.18. The molecule has 4 aromatic rings. The number of alkyl halides is 3. The second-order valence-electron chi connectivity index (χ2n) is 10.5. The lowest BCUT2D eigenvalue weighted by molar-refractivity contribution is -0.140. The van der Waals surface area contributed by atoms with Crippen molar-refractivity contribution in [2.24, 2.45) is 0 Å². The van der Waals surface area contributed by atoms with Crippen LogP contribution in [0.4, 0.5) is 43.9 Å². The summed E-state index contributed by atoms with van der Waals surface area (Å²) >= 11 is 5.87. The highest BCUT2D eigenvalue weighted by Gasteiger charge is 2.52. The highest BCUT2D eigenvalue weighted by molar-refractivity contribution is 6.30. The van der Waals surface area contributed by atoms with Crippen LogP contribution >= 0.6 is 11.6 Å². The molecule has 0 atom stereocenters. The summed E-state index contributed by atoms with van der Waals surface area (Å²) in [5, 5.41) is 3.66. The van der Waals surface area contributed by atoms with E-state index >= 15 is 0 Å². The van der Waals surface area contributed by atoms with Crippen LogP contribution in [0.25, 0.3) is 0 Å². The molecule has 0 bridgehead atoms. The Hall–Kier alpha value is -4.51. The van der Waals surface area contributed by atoms with Crippen molar-refractivity contribution < 1.29 is 31.5 Å². The Bertz CT molecular complexity index is 1690. The summed E-state index contributed by atoms with van der Waals surface area (Å²) in [6.07, 6.45) is -3.22. The van der Waals surface area contributed by atoms with Crippen LogP contribution in [0, 0.1) is 11.6 Å². The van der Waals surface area contributed by atoms with Gasteiger partial charge in [-0.05, 0) is 91.6 Å². The largest absolute Gasteiger partial charge is 0.419 e. The second-order valence-corrected chi connectivity index (χ2v) is 10.9. The number of hydrogen-bond donors (Lipinski definition) is 1. The molecule has 6 nitrogen and oxygen atoms in total. The van der Waals surface area contributed by atoms with Crippen molar-refractivity contribution in [2.75, 3.05) is 10.2 Å². The standard InChI is InChI=1S/C31H24ClF5N4O2/c1-30(2)28(42)41(24-10-11-26(34)25(15-24)31(35,36)37)29(43)40(30)17-19-5-7-22(33)14-20(19)13-18-3-8-23(9-4-18)39-27-12-6-21(32)16-38-27/h3-12,14-16H,13,17H2,1-2H3,(H,38,39). The molecule has 222 valence electrons. The number of anilines is 3. The summed E-state index contributed by atoms with van der Waals surface area (Å²) in [5.74, 6) is -2.20. The van der Waals surface area contributed by atoms with E-state index in [4.69, 9.17) is 11.6 Å². The van der Waals surface area contributed by atoms with Gasteiger partial charge in [0.1, 0.15) is 23.0 Å². The van der Waals surface area contributed by atoms with Crippen molar-refractivity contribution in [2.45, 2.75) is 38.5 Å². The first-order valence-electron chi connectivity index (χ1n) is 13.0. The molecular weight excluding hydrogens is 591 g/mol. The van der Waals surface area contributed by atoms with Gasteiger partial charge in [0.15, 0.2) is 0 Å². The molecule has 43 heavy (non-hydrogen) atoms. The van der Waals surface area contributed by atoms with E-state index in [0.29, 0.717) is 45.4 Å². The zero-order chi connectivity index (χ0) is 31.1. The van der Waals surface area contributed by atoms with Gasteiger partial charge in [-0.2, -0.15) is 13.2 Å². The first kappa shape index (κ1) is 30.0. The highest BCUT2D eigenvalue weighted by Crippen LogP contribution is 2.38. The molecule has 5 rings (SSSR count). The zero-order valence-electron chi connectivity index (χ0n) is 22.8. The summed E-state index contributed by atoms with van der Waals surface area (Å²) in [6, 6.07) is 15.9. The third kappa shape index (κ3) is 6.17. The minimum Gasteiger partial charge on any atom is -0.340 e. The molecule has 1 N–H and O–H groups in total. The molecular formula is C31H24ClF5N4O2. The zero-order valence-corrected chi connectivity index (χ0v) is 23.6. The van der Waals surface area contributed by atoms with E-state index in [0.717, 1.165) is 17.3 Å². The number of rotatable bonds is 7. The average molecular weight is 615 g/mol. The first-order chi connectivity index (χ1) is 20.2. The third-order valence-corrected chi connectivity index (χ3v) is 7.41. The van der Waals surface area contributed by atoms with Crippen molar-refractivity contribution in [3.63, 3.8) is 0 Å². The molecule has 1 fully saturated rings. The first-order valence-corrected chi connectivity index (χ1v) is 13.4. The van der Waals surface area contributed by atoms with Crippen LogP contribution in [0.2, 0.25) is 5.02 Å². The van der Waals surface area contributed by atoms with Crippen molar-refractivity contribution in [3.8, 4) is 0 Å². The fraction of sp³-hybridized carbons (Fsp3) is 0.194. The smallest absolute Gasteiger partial charge is 0.340 e. The number of imide groups is 1. The van der Waals surface area contributed by atoms with Gasteiger partial charge in [-0.25, -0.2) is 23.5 Å². The quantitative estimate of drug-likeness (QED) is 0.169. The van der Waals surface area contributed by atoms with Gasteiger partial charge in [0.05, 0.1) is 16.3 Å². The van der Waals surface area contributed by atoms with Gasteiger partial charge in [0, 0.05) is 18.4 Å². The lowest BCUT2D eigenvalue weighted by Crippen LogP contribution is -2.43. The molecule has 0 spiro atoms. The Labute approximate surface area is 248 Å². The Morgan fingerprint density at radius 3 is 2.28 bits per heavy atom. The molecule has 12 heteroatoms. The Balaban J connectivity index is 1.38. The van der Waals surface area contributed by atoms with Crippen LogP contribution < -0.4 is 10.2 Å². The predicted molar refractivity (Wildman–Crippen MR) is 152 cm³/mol. The van der Waals surface area contributed by atoms with Gasteiger partial charge in [0.25, 0.3) is 5.91 Å². The second kappa shape index (κ2) is 11.3. The van der Waals surface area contributed by atoms with Gasteiger partial charge in [-0.3, -0.25) is 4.79 Å². The molecule has 1 aliphatic rings. The van der Waals surface area contributed by atoms with E-state index in [-0.39, 0.29) is 6.54 Å². The number of hydrogen-bond acceptors (Lipinski definition) is 4. The number of halogens is 6. The normalized spacial score (nSPS) is 14.9. The lowest BCUT2D eigenvalue weighted by atomic mass is 9.97. The monoisotopic (exact) mass is 614 g/mol. The van der Waals surface area contributed by atoms with E-state index in [1.165, 1.54) is 43.1 Å². The summed E-state index contributed by atoms with van der Waals surface area (Å²) in [4.78, 5) is 32.8. The number of nitrogens with zero attached hydrogens (tertiary/aromatic N) is 3. The maximum absolute atomic E-state index is 14.3. The molecule has 1 aliphatic heterocycles. The van der Waals surface area contributed by atoms with E-state index in [1.54, 1.807) is 12.1 Å². The predicted octanol–water partition coefficient (Wildman–Crippen LogP) is 8.11. The number of carbonyl (C=O) groups excluding carboxylic acids is 2. The van der Waals surface area contributed by atoms with E-state index < -0.39 is 46.5 Å². The number of nitrogens with one attached hydrogen (secondary N) is 1. The van der Waals surface area contributed by atoms with Gasteiger partial charge in [0.2, 0.25) is 0 Å². The highest BCUT2D eigenvalue weighted by atomic mass is 35.5. The average Bonchev–Trinajstić information content (AvgIpc) is 3.11. The van der Waals surface area contributed by atoms with E-state index in [2.05, 4.69) is 10.3 Å². The molecule has 3 amide bonds. The summed E-state index contributed by atoms with van der Waals surface area (Å²) in [6.45, 7) is 2.80. The van der Waals surface area contributed by atoms with E-state index in [9.17, 15) is 31.5 Å². The fourth-order valence-corrected chi connectivity index (χ4v) is 4.92. The van der Waals surface area contributed by atoms with Gasteiger partial charge >= 0.3 is 12.2 Å². The Morgan fingerprint density at radius 1 is 0.907 bits per heavy atom. The summed E-state index contributed by atoms with van der Waals surface area (Å²) in [5.41, 5.74) is -0.767. The van der Waals surface area contributed by atoms with Gasteiger partial charge < -0.3 is 10.2 Å². The Morgan fingerprint density at radius 2 is 1.63 bits per heavy atom. The van der Waals surface area contributed by atoms with Crippen molar-refractivity contribution in [1.82, 2.24) is 9.88 Å². The van der Waals surface area contributed by atoms with Crippen LogP contribution in [0.3, 0.4) is 0 Å².